The summed E-state index contributed by atoms with van der Waals surface area (Å²) >= 11 is 6.15. The second-order valence-electron chi connectivity index (χ2n) is 9.56. The van der Waals surface area contributed by atoms with E-state index in [1.807, 2.05) is 49.4 Å². The lowest BCUT2D eigenvalue weighted by atomic mass is 10.1. The quantitative estimate of drug-likeness (QED) is 0.268. The third-order valence-electron chi connectivity index (χ3n) is 6.36. The van der Waals surface area contributed by atoms with Crippen molar-refractivity contribution in [3.63, 3.8) is 0 Å². The number of hydrogen-bond acceptors (Lipinski definition) is 3. The SMILES string of the molecule is CCc1ccc(-n2c(C(CC)N(CC(C)C)C(=O)Nc3cccc(Cl)c3)nc3ccccc3c2=O)cc1. The number of nitrogens with one attached hydrogen (secondary N) is 1. The molecule has 0 radical (unpaired) electrons. The van der Waals surface area contributed by atoms with E-state index in [9.17, 15) is 9.59 Å². The number of benzene rings is 3. The van der Waals surface area contributed by atoms with Gasteiger partial charge in [-0.05, 0) is 66.8 Å². The minimum absolute atomic E-state index is 0.150. The van der Waals surface area contributed by atoms with Gasteiger partial charge in [0.25, 0.3) is 5.56 Å². The maximum absolute atomic E-state index is 13.9. The van der Waals surface area contributed by atoms with Gasteiger partial charge in [-0.1, -0.05) is 69.6 Å². The number of aromatic nitrogens is 2. The van der Waals surface area contributed by atoms with E-state index in [-0.39, 0.29) is 17.5 Å². The molecule has 2 amide bonds. The van der Waals surface area contributed by atoms with Crippen LogP contribution in [-0.2, 0) is 6.42 Å². The molecule has 1 heterocycles. The molecule has 37 heavy (non-hydrogen) atoms. The summed E-state index contributed by atoms with van der Waals surface area (Å²) in [5.41, 5.74) is 2.99. The van der Waals surface area contributed by atoms with Gasteiger partial charge in [-0.25, -0.2) is 9.78 Å². The molecule has 0 saturated carbocycles. The zero-order chi connectivity index (χ0) is 26.5. The molecule has 0 aliphatic carbocycles. The minimum Gasteiger partial charge on any atom is -0.314 e. The third kappa shape index (κ3) is 5.86. The van der Waals surface area contributed by atoms with Crippen molar-refractivity contribution in [2.24, 2.45) is 5.92 Å². The molecule has 1 N–H and O–H groups in total. The summed E-state index contributed by atoms with van der Waals surface area (Å²) in [4.78, 5) is 34.3. The first-order valence-electron chi connectivity index (χ1n) is 12.8. The molecule has 192 valence electrons. The highest BCUT2D eigenvalue weighted by molar-refractivity contribution is 6.30. The van der Waals surface area contributed by atoms with Crippen LogP contribution in [0.2, 0.25) is 5.02 Å². The molecule has 0 spiro atoms. The number of carbonyl (C=O) groups excluding carboxylic acids is 1. The van der Waals surface area contributed by atoms with Crippen LogP contribution < -0.4 is 10.9 Å². The summed E-state index contributed by atoms with van der Waals surface area (Å²) in [5, 5.41) is 4.07. The van der Waals surface area contributed by atoms with Crippen molar-refractivity contribution in [3.8, 4) is 5.69 Å². The number of halogens is 1. The fourth-order valence-corrected chi connectivity index (χ4v) is 4.74. The van der Waals surface area contributed by atoms with E-state index in [0.717, 1.165) is 12.1 Å². The fraction of sp³-hybridized carbons (Fsp3) is 0.300. The summed E-state index contributed by atoms with van der Waals surface area (Å²) in [6, 6.07) is 21.7. The summed E-state index contributed by atoms with van der Waals surface area (Å²) < 4.78 is 1.66. The summed E-state index contributed by atoms with van der Waals surface area (Å²) in [6.07, 6.45) is 1.48. The molecule has 7 heteroatoms. The summed E-state index contributed by atoms with van der Waals surface area (Å²) in [5.74, 6) is 0.737. The predicted octanol–water partition coefficient (Wildman–Crippen LogP) is 7.24. The van der Waals surface area contributed by atoms with E-state index in [0.29, 0.717) is 40.4 Å². The molecule has 1 atom stereocenters. The Morgan fingerprint density at radius 1 is 1.03 bits per heavy atom. The first kappa shape index (κ1) is 26.4. The van der Waals surface area contributed by atoms with Gasteiger partial charge < -0.3 is 10.2 Å². The van der Waals surface area contributed by atoms with Gasteiger partial charge >= 0.3 is 6.03 Å². The number of carbonyl (C=O) groups is 1. The largest absolute Gasteiger partial charge is 0.322 e. The highest BCUT2D eigenvalue weighted by Gasteiger charge is 2.30. The van der Waals surface area contributed by atoms with Gasteiger partial charge in [-0.3, -0.25) is 9.36 Å². The van der Waals surface area contributed by atoms with Crippen molar-refractivity contribution in [1.29, 1.82) is 0 Å². The summed E-state index contributed by atoms with van der Waals surface area (Å²) in [7, 11) is 0. The predicted molar refractivity (Wildman–Crippen MR) is 152 cm³/mol. The van der Waals surface area contributed by atoms with E-state index >= 15 is 0 Å². The molecule has 3 aromatic carbocycles. The zero-order valence-corrected chi connectivity index (χ0v) is 22.5. The number of amides is 2. The van der Waals surface area contributed by atoms with Crippen molar-refractivity contribution in [3.05, 3.63) is 99.6 Å². The summed E-state index contributed by atoms with van der Waals surface area (Å²) in [6.45, 7) is 8.73. The van der Waals surface area contributed by atoms with Crippen LogP contribution in [0.3, 0.4) is 0 Å². The number of aryl methyl sites for hydroxylation is 1. The third-order valence-corrected chi connectivity index (χ3v) is 6.60. The smallest absolute Gasteiger partial charge is 0.314 e. The van der Waals surface area contributed by atoms with Crippen molar-refractivity contribution >= 4 is 34.2 Å². The van der Waals surface area contributed by atoms with Gasteiger partial charge in [0, 0.05) is 17.3 Å². The lowest BCUT2D eigenvalue weighted by Crippen LogP contribution is -2.42. The highest BCUT2D eigenvalue weighted by atomic mass is 35.5. The maximum Gasteiger partial charge on any atom is 0.322 e. The van der Waals surface area contributed by atoms with Crippen molar-refractivity contribution in [1.82, 2.24) is 14.5 Å². The van der Waals surface area contributed by atoms with Crippen LogP contribution in [0.4, 0.5) is 10.5 Å². The number of hydrogen-bond donors (Lipinski definition) is 1. The highest BCUT2D eigenvalue weighted by Crippen LogP contribution is 2.28. The van der Waals surface area contributed by atoms with Crippen LogP contribution in [0, 0.1) is 5.92 Å². The van der Waals surface area contributed by atoms with Crippen LogP contribution in [0.15, 0.2) is 77.6 Å². The number of rotatable bonds is 8. The van der Waals surface area contributed by atoms with Crippen molar-refractivity contribution in [2.45, 2.75) is 46.6 Å². The standard InChI is InChI=1S/C30H33ClN4O2/c1-5-21-14-16-24(17-15-21)35-28(33-26-13-8-7-12-25(26)29(35)36)27(6-2)34(19-20(3)4)30(37)32-23-11-9-10-22(31)18-23/h7-18,20,27H,5-6,19H2,1-4H3,(H,32,37). The molecule has 4 aromatic rings. The Bertz CT molecular complexity index is 1450. The Labute approximate surface area is 222 Å². The maximum atomic E-state index is 13.9. The Balaban J connectivity index is 1.87. The van der Waals surface area contributed by atoms with E-state index < -0.39 is 6.04 Å². The molecule has 0 saturated heterocycles. The van der Waals surface area contributed by atoms with Crippen LogP contribution >= 0.6 is 11.6 Å². The van der Waals surface area contributed by atoms with Gasteiger partial charge in [-0.15, -0.1) is 0 Å². The number of nitrogens with zero attached hydrogens (tertiary/aromatic N) is 3. The second kappa shape index (κ2) is 11.6. The monoisotopic (exact) mass is 516 g/mol. The molecule has 0 aliphatic rings. The van der Waals surface area contributed by atoms with E-state index in [4.69, 9.17) is 16.6 Å². The van der Waals surface area contributed by atoms with Gasteiger partial charge in [0.05, 0.1) is 22.6 Å². The van der Waals surface area contributed by atoms with E-state index in [1.165, 1.54) is 5.56 Å². The minimum atomic E-state index is -0.440. The number of anilines is 1. The molecule has 6 nitrogen and oxygen atoms in total. The van der Waals surface area contributed by atoms with Gasteiger partial charge in [0.1, 0.15) is 5.82 Å². The fourth-order valence-electron chi connectivity index (χ4n) is 4.55. The van der Waals surface area contributed by atoms with Crippen LogP contribution in [0.5, 0.6) is 0 Å². The van der Waals surface area contributed by atoms with Crippen molar-refractivity contribution < 1.29 is 4.79 Å². The number of para-hydroxylation sites is 1. The molecule has 0 fully saturated rings. The molecule has 1 unspecified atom stereocenters. The molecular weight excluding hydrogens is 484 g/mol. The molecular formula is C30H33ClN4O2. The number of fused-ring (bicyclic) bond motifs is 1. The van der Waals surface area contributed by atoms with Crippen LogP contribution in [0.1, 0.15) is 51.5 Å². The molecule has 4 rings (SSSR count). The molecule has 0 bridgehead atoms. The van der Waals surface area contributed by atoms with Crippen molar-refractivity contribution in [2.75, 3.05) is 11.9 Å². The lowest BCUT2D eigenvalue weighted by Gasteiger charge is -2.33. The first-order chi connectivity index (χ1) is 17.8. The molecule has 0 aliphatic heterocycles. The average Bonchev–Trinajstić information content (AvgIpc) is 2.88. The van der Waals surface area contributed by atoms with Gasteiger partial charge in [-0.2, -0.15) is 0 Å². The first-order valence-corrected chi connectivity index (χ1v) is 13.1. The average molecular weight is 517 g/mol. The molecule has 1 aromatic heterocycles. The second-order valence-corrected chi connectivity index (χ2v) is 9.99. The topological polar surface area (TPSA) is 67.2 Å². The Hall–Kier alpha value is -3.64. The van der Waals surface area contributed by atoms with E-state index in [2.05, 4.69) is 26.1 Å². The Morgan fingerprint density at radius 3 is 2.41 bits per heavy atom. The van der Waals surface area contributed by atoms with Gasteiger partial charge in [0.15, 0.2) is 0 Å². The van der Waals surface area contributed by atoms with E-state index in [1.54, 1.807) is 39.8 Å². The van der Waals surface area contributed by atoms with Crippen LogP contribution in [0.25, 0.3) is 16.6 Å². The Kier molecular flexibility index (Phi) is 8.29. The zero-order valence-electron chi connectivity index (χ0n) is 21.7. The van der Waals surface area contributed by atoms with Crippen LogP contribution in [-0.4, -0.2) is 27.0 Å². The normalized spacial score (nSPS) is 12.1. The van der Waals surface area contributed by atoms with Gasteiger partial charge in [0.2, 0.25) is 0 Å². The lowest BCUT2D eigenvalue weighted by molar-refractivity contribution is 0.171. The Morgan fingerprint density at radius 2 is 1.76 bits per heavy atom. The number of urea groups is 1.